The van der Waals surface area contributed by atoms with E-state index < -0.39 is 0 Å². The number of amides is 1. The van der Waals surface area contributed by atoms with Crippen LogP contribution in [-0.4, -0.2) is 64.1 Å². The van der Waals surface area contributed by atoms with Crippen LogP contribution < -0.4 is 5.32 Å². The van der Waals surface area contributed by atoms with Gasteiger partial charge in [0.2, 0.25) is 11.8 Å². The first-order valence-electron chi connectivity index (χ1n) is 10.7. The summed E-state index contributed by atoms with van der Waals surface area (Å²) in [6, 6.07) is 1.07. The molecule has 2 saturated heterocycles. The molecule has 1 aromatic rings. The number of hydrogen-bond acceptors (Lipinski definition) is 6. The van der Waals surface area contributed by atoms with Gasteiger partial charge in [-0.25, -0.2) is 0 Å². The molecule has 3 aliphatic rings. The minimum atomic E-state index is 0.185. The van der Waals surface area contributed by atoms with Gasteiger partial charge < -0.3 is 9.84 Å². The summed E-state index contributed by atoms with van der Waals surface area (Å²) < 4.78 is 5.39. The molecule has 7 heteroatoms. The van der Waals surface area contributed by atoms with E-state index in [1.165, 1.54) is 12.8 Å². The zero-order chi connectivity index (χ0) is 18.8. The first-order chi connectivity index (χ1) is 13.1. The van der Waals surface area contributed by atoms with Crippen molar-refractivity contribution in [2.45, 2.75) is 76.9 Å². The summed E-state index contributed by atoms with van der Waals surface area (Å²) in [6.07, 6.45) is 6.83. The maximum atomic E-state index is 12.4. The summed E-state index contributed by atoms with van der Waals surface area (Å²) in [4.78, 5) is 21.9. The number of aromatic nitrogens is 2. The average Bonchev–Trinajstić information content (AvgIpc) is 3.37. The fourth-order valence-corrected chi connectivity index (χ4v) is 4.30. The van der Waals surface area contributed by atoms with Gasteiger partial charge in [-0.3, -0.25) is 14.6 Å². The maximum absolute atomic E-state index is 12.4. The Morgan fingerprint density at radius 2 is 1.96 bits per heavy atom. The monoisotopic (exact) mass is 375 g/mol. The van der Waals surface area contributed by atoms with E-state index in [2.05, 4.69) is 39.1 Å². The van der Waals surface area contributed by atoms with E-state index in [1.807, 2.05) is 0 Å². The Kier molecular flexibility index (Phi) is 5.78. The van der Waals surface area contributed by atoms with Crippen LogP contribution in [0.3, 0.4) is 0 Å². The lowest BCUT2D eigenvalue weighted by atomic mass is 9.93. The lowest BCUT2D eigenvalue weighted by Gasteiger charge is -2.41. The first kappa shape index (κ1) is 18.9. The average molecular weight is 376 g/mol. The zero-order valence-electron chi connectivity index (χ0n) is 16.7. The van der Waals surface area contributed by atoms with E-state index >= 15 is 0 Å². The molecule has 3 fully saturated rings. The van der Waals surface area contributed by atoms with E-state index in [1.54, 1.807) is 0 Å². The molecule has 150 valence electrons. The van der Waals surface area contributed by atoms with Crippen LogP contribution in [-0.2, 0) is 11.3 Å². The number of likely N-dealkylation sites (tertiary alicyclic amines) is 2. The van der Waals surface area contributed by atoms with Crippen molar-refractivity contribution in [1.82, 2.24) is 25.3 Å². The standard InChI is InChI=1S/C20H33N5O2/c1-14(2)19-22-18(27-23-19)13-24-10-7-17(8-11-24)25-9-3-4-15(12-25)20(26)21-16-5-6-16/h14-17H,3-13H2,1-2H3,(H,21,26)/t15-/m0/s1. The van der Waals surface area contributed by atoms with Crippen molar-refractivity contribution in [3.8, 4) is 0 Å². The van der Waals surface area contributed by atoms with Crippen molar-refractivity contribution in [3.63, 3.8) is 0 Å². The SMILES string of the molecule is CC(C)c1noc(CN2CCC(N3CCC[C@H](C(=O)NC4CC4)C3)CC2)n1. The number of hydrogen-bond donors (Lipinski definition) is 1. The van der Waals surface area contributed by atoms with Crippen LogP contribution in [0.4, 0.5) is 0 Å². The van der Waals surface area contributed by atoms with Gasteiger partial charge in [-0.2, -0.15) is 4.98 Å². The fourth-order valence-electron chi connectivity index (χ4n) is 4.30. The first-order valence-corrected chi connectivity index (χ1v) is 10.7. The minimum absolute atomic E-state index is 0.185. The molecule has 1 aromatic heterocycles. The molecule has 1 aliphatic carbocycles. The van der Waals surface area contributed by atoms with Gasteiger partial charge in [-0.1, -0.05) is 19.0 Å². The second-order valence-electron chi connectivity index (χ2n) is 8.83. The molecule has 0 spiro atoms. The zero-order valence-corrected chi connectivity index (χ0v) is 16.7. The second-order valence-corrected chi connectivity index (χ2v) is 8.83. The Bertz CT molecular complexity index is 634. The van der Waals surface area contributed by atoms with Gasteiger partial charge in [0.1, 0.15) is 0 Å². The van der Waals surface area contributed by atoms with Crippen LogP contribution in [0.1, 0.15) is 70.0 Å². The Balaban J connectivity index is 1.23. The fraction of sp³-hybridized carbons (Fsp3) is 0.850. The third kappa shape index (κ3) is 4.88. The minimum Gasteiger partial charge on any atom is -0.353 e. The quantitative estimate of drug-likeness (QED) is 0.821. The largest absolute Gasteiger partial charge is 0.353 e. The Labute approximate surface area is 161 Å². The maximum Gasteiger partial charge on any atom is 0.240 e. The van der Waals surface area contributed by atoms with E-state index in [9.17, 15) is 4.79 Å². The van der Waals surface area contributed by atoms with Gasteiger partial charge in [0.25, 0.3) is 0 Å². The van der Waals surface area contributed by atoms with Crippen LogP contribution >= 0.6 is 0 Å². The number of carbonyl (C=O) groups is 1. The van der Waals surface area contributed by atoms with Crippen LogP contribution in [0.2, 0.25) is 0 Å². The highest BCUT2D eigenvalue weighted by Gasteiger charge is 2.34. The summed E-state index contributed by atoms with van der Waals surface area (Å²) in [5.74, 6) is 2.30. The third-order valence-corrected chi connectivity index (χ3v) is 6.18. The van der Waals surface area contributed by atoms with Crippen molar-refractivity contribution >= 4 is 5.91 Å². The number of nitrogens with zero attached hydrogens (tertiary/aromatic N) is 4. The van der Waals surface area contributed by atoms with E-state index in [4.69, 9.17) is 4.52 Å². The normalized spacial score (nSPS) is 25.8. The highest BCUT2D eigenvalue weighted by Crippen LogP contribution is 2.26. The van der Waals surface area contributed by atoms with E-state index in [0.29, 0.717) is 18.0 Å². The number of carbonyl (C=O) groups excluding carboxylic acids is 1. The summed E-state index contributed by atoms with van der Waals surface area (Å²) in [5, 5.41) is 7.25. The molecule has 2 aliphatic heterocycles. The number of rotatable bonds is 6. The summed E-state index contributed by atoms with van der Waals surface area (Å²) >= 11 is 0. The van der Waals surface area contributed by atoms with Crippen molar-refractivity contribution in [2.75, 3.05) is 26.2 Å². The molecule has 0 bridgehead atoms. The molecule has 1 N–H and O–H groups in total. The Morgan fingerprint density at radius 1 is 1.19 bits per heavy atom. The molecule has 27 heavy (non-hydrogen) atoms. The Hall–Kier alpha value is -1.47. The molecule has 0 unspecified atom stereocenters. The van der Waals surface area contributed by atoms with Crippen LogP contribution in [0, 0.1) is 5.92 Å². The highest BCUT2D eigenvalue weighted by molar-refractivity contribution is 5.79. The van der Waals surface area contributed by atoms with E-state index in [-0.39, 0.29) is 11.8 Å². The number of piperidine rings is 2. The molecule has 0 radical (unpaired) electrons. The highest BCUT2D eigenvalue weighted by atomic mass is 16.5. The van der Waals surface area contributed by atoms with Crippen molar-refractivity contribution in [1.29, 1.82) is 0 Å². The predicted molar refractivity (Wildman–Crippen MR) is 102 cm³/mol. The second kappa shape index (κ2) is 8.27. The van der Waals surface area contributed by atoms with Gasteiger partial charge >= 0.3 is 0 Å². The molecule has 1 amide bonds. The van der Waals surface area contributed by atoms with Crippen molar-refractivity contribution in [2.24, 2.45) is 5.92 Å². The third-order valence-electron chi connectivity index (χ3n) is 6.18. The van der Waals surface area contributed by atoms with Gasteiger partial charge in [0.15, 0.2) is 5.82 Å². The van der Waals surface area contributed by atoms with Crippen LogP contribution in [0.15, 0.2) is 4.52 Å². The molecule has 1 atom stereocenters. The van der Waals surface area contributed by atoms with Gasteiger partial charge in [0.05, 0.1) is 12.5 Å². The summed E-state index contributed by atoms with van der Waals surface area (Å²) in [6.45, 7) is 9.09. The molecule has 4 rings (SSSR count). The summed E-state index contributed by atoms with van der Waals surface area (Å²) in [7, 11) is 0. The summed E-state index contributed by atoms with van der Waals surface area (Å²) in [5.41, 5.74) is 0. The van der Waals surface area contributed by atoms with Gasteiger partial charge in [0, 0.05) is 37.6 Å². The van der Waals surface area contributed by atoms with Crippen LogP contribution in [0.25, 0.3) is 0 Å². The molecule has 7 nitrogen and oxygen atoms in total. The topological polar surface area (TPSA) is 74.5 Å². The lowest BCUT2D eigenvalue weighted by Crippen LogP contribution is -2.50. The molecular formula is C20H33N5O2. The number of nitrogens with one attached hydrogen (secondary N) is 1. The lowest BCUT2D eigenvalue weighted by molar-refractivity contribution is -0.127. The van der Waals surface area contributed by atoms with Crippen LogP contribution in [0.5, 0.6) is 0 Å². The molecular weight excluding hydrogens is 342 g/mol. The van der Waals surface area contributed by atoms with Crippen molar-refractivity contribution < 1.29 is 9.32 Å². The van der Waals surface area contributed by atoms with Crippen molar-refractivity contribution in [3.05, 3.63) is 11.7 Å². The molecule has 1 saturated carbocycles. The predicted octanol–water partition coefficient (Wildman–Crippen LogP) is 2.15. The van der Waals surface area contributed by atoms with Gasteiger partial charge in [-0.05, 0) is 45.1 Å². The smallest absolute Gasteiger partial charge is 0.240 e. The van der Waals surface area contributed by atoms with Gasteiger partial charge in [-0.15, -0.1) is 0 Å². The molecule has 3 heterocycles. The Morgan fingerprint density at radius 3 is 2.63 bits per heavy atom. The van der Waals surface area contributed by atoms with E-state index in [0.717, 1.165) is 70.1 Å². The molecule has 0 aromatic carbocycles.